The van der Waals surface area contributed by atoms with E-state index in [0.29, 0.717) is 16.5 Å². The molecule has 1 heterocycles. The number of carboxylic acids is 2. The van der Waals surface area contributed by atoms with Crippen molar-refractivity contribution in [2.45, 2.75) is 30.2 Å². The number of hydrogen-bond acceptors (Lipinski definition) is 5. The number of halogens is 1. The van der Waals surface area contributed by atoms with Crippen molar-refractivity contribution in [1.29, 1.82) is 0 Å². The topological polar surface area (TPSA) is 143 Å². The summed E-state index contributed by atoms with van der Waals surface area (Å²) >= 11 is 0. The van der Waals surface area contributed by atoms with Gasteiger partial charge in [-0.25, -0.2) is 22.4 Å². The number of benzene rings is 4. The third kappa shape index (κ3) is 4.88. The van der Waals surface area contributed by atoms with Crippen LogP contribution in [0, 0.1) is 5.82 Å². The lowest BCUT2D eigenvalue weighted by Gasteiger charge is -2.17. The molecule has 0 unspecified atom stereocenters. The Morgan fingerprint density at radius 2 is 1.64 bits per heavy atom. The molecule has 0 spiro atoms. The molecule has 1 aliphatic rings. The standard InChI is InChI=1S/C31H23FN2O7S/c32-25-14-23-27(34(20-10-11-20)16-24(29(23)35)31(38)39)15-26(25)33-42(40,41)28-12-9-18-3-1-2-4-21(18)22(28)13-17-5-7-19(8-6-17)30(36)37/h1-9,12,14-16,20,33H,10-11,13H2,(H,36,37)(H,38,39). The summed E-state index contributed by atoms with van der Waals surface area (Å²) < 4.78 is 46.9. The molecule has 1 aromatic heterocycles. The normalized spacial score (nSPS) is 13.4. The van der Waals surface area contributed by atoms with Gasteiger partial charge in [-0.2, -0.15) is 0 Å². The molecule has 9 nitrogen and oxygen atoms in total. The molecule has 1 saturated carbocycles. The number of nitrogens with zero attached hydrogens (tertiary/aromatic N) is 1. The Morgan fingerprint density at radius 1 is 0.929 bits per heavy atom. The number of anilines is 1. The predicted molar refractivity (Wildman–Crippen MR) is 154 cm³/mol. The van der Waals surface area contributed by atoms with Gasteiger partial charge in [0.1, 0.15) is 11.4 Å². The molecule has 42 heavy (non-hydrogen) atoms. The number of fused-ring (bicyclic) bond motifs is 2. The van der Waals surface area contributed by atoms with Crippen LogP contribution < -0.4 is 10.2 Å². The zero-order valence-electron chi connectivity index (χ0n) is 21.9. The first-order valence-corrected chi connectivity index (χ1v) is 14.5. The molecule has 1 fully saturated rings. The zero-order valence-corrected chi connectivity index (χ0v) is 22.7. The highest BCUT2D eigenvalue weighted by Crippen LogP contribution is 2.38. The van der Waals surface area contributed by atoms with Crippen molar-refractivity contribution < 1.29 is 32.6 Å². The molecule has 0 saturated heterocycles. The van der Waals surface area contributed by atoms with Crippen LogP contribution in [0.5, 0.6) is 0 Å². The Bertz CT molecular complexity index is 2100. The van der Waals surface area contributed by atoms with E-state index in [1.54, 1.807) is 34.9 Å². The molecule has 1 aliphatic carbocycles. The summed E-state index contributed by atoms with van der Waals surface area (Å²) in [6, 6.07) is 18.4. The smallest absolute Gasteiger partial charge is 0.341 e. The van der Waals surface area contributed by atoms with E-state index in [1.807, 2.05) is 12.1 Å². The lowest BCUT2D eigenvalue weighted by Crippen LogP contribution is -2.20. The first kappa shape index (κ1) is 27.2. The van der Waals surface area contributed by atoms with Crippen LogP contribution in [0.2, 0.25) is 0 Å². The summed E-state index contributed by atoms with van der Waals surface area (Å²) in [5.41, 5.74) is -0.294. The van der Waals surface area contributed by atoms with Crippen LogP contribution in [-0.4, -0.2) is 35.1 Å². The maximum atomic E-state index is 15.4. The lowest BCUT2D eigenvalue weighted by atomic mass is 9.98. The predicted octanol–water partition coefficient (Wildman–Crippen LogP) is 5.42. The van der Waals surface area contributed by atoms with Gasteiger partial charge in [0.25, 0.3) is 10.0 Å². The number of pyridine rings is 1. The van der Waals surface area contributed by atoms with Gasteiger partial charge in [-0.15, -0.1) is 0 Å². The van der Waals surface area contributed by atoms with E-state index in [2.05, 4.69) is 4.72 Å². The highest BCUT2D eigenvalue weighted by atomic mass is 32.2. The summed E-state index contributed by atoms with van der Waals surface area (Å²) in [6.07, 6.45) is 2.85. The molecule has 11 heteroatoms. The van der Waals surface area contributed by atoms with Gasteiger partial charge in [0.15, 0.2) is 0 Å². The van der Waals surface area contributed by atoms with Crippen LogP contribution in [0.15, 0.2) is 88.7 Å². The number of sulfonamides is 1. The van der Waals surface area contributed by atoms with Crippen LogP contribution in [-0.2, 0) is 16.4 Å². The van der Waals surface area contributed by atoms with Crippen molar-refractivity contribution >= 4 is 49.3 Å². The van der Waals surface area contributed by atoms with E-state index in [9.17, 15) is 33.0 Å². The van der Waals surface area contributed by atoms with Crippen molar-refractivity contribution in [2.24, 2.45) is 0 Å². The minimum absolute atomic E-state index is 0.0827. The summed E-state index contributed by atoms with van der Waals surface area (Å²) in [5.74, 6) is -3.54. The highest BCUT2D eigenvalue weighted by molar-refractivity contribution is 7.92. The number of carboxylic acid groups (broad SMARTS) is 2. The van der Waals surface area contributed by atoms with Gasteiger partial charge in [-0.05, 0) is 71.5 Å². The molecule has 3 N–H and O–H groups in total. The minimum atomic E-state index is -4.38. The van der Waals surface area contributed by atoms with Gasteiger partial charge in [0.05, 0.1) is 21.7 Å². The summed E-state index contributed by atoms with van der Waals surface area (Å²) in [7, 11) is -4.38. The van der Waals surface area contributed by atoms with Crippen LogP contribution in [0.3, 0.4) is 0 Å². The fourth-order valence-electron chi connectivity index (χ4n) is 5.17. The zero-order chi connectivity index (χ0) is 29.8. The van der Waals surface area contributed by atoms with Gasteiger partial charge < -0.3 is 14.8 Å². The molecule has 0 atom stereocenters. The number of aromatic nitrogens is 1. The molecule has 6 rings (SSSR count). The van der Waals surface area contributed by atoms with Gasteiger partial charge >= 0.3 is 11.9 Å². The monoisotopic (exact) mass is 586 g/mol. The van der Waals surface area contributed by atoms with Crippen molar-refractivity contribution in [3.8, 4) is 0 Å². The average molecular weight is 587 g/mol. The van der Waals surface area contributed by atoms with Crippen molar-refractivity contribution in [3.63, 3.8) is 0 Å². The van der Waals surface area contributed by atoms with Crippen molar-refractivity contribution in [3.05, 3.63) is 117 Å². The third-order valence-electron chi connectivity index (χ3n) is 7.40. The van der Waals surface area contributed by atoms with E-state index in [0.717, 1.165) is 24.3 Å². The summed E-state index contributed by atoms with van der Waals surface area (Å²) in [4.78, 5) is 35.6. The molecule has 0 amide bonds. The number of hydrogen-bond donors (Lipinski definition) is 3. The van der Waals surface area contributed by atoms with E-state index >= 15 is 4.39 Å². The Balaban J connectivity index is 1.46. The SMILES string of the molecule is O=C(O)c1ccc(Cc2c(S(=O)(=O)Nc3cc4c(cc3F)c(=O)c(C(=O)O)cn4C3CC3)ccc3ccccc23)cc1. The second kappa shape index (κ2) is 10.1. The lowest BCUT2D eigenvalue weighted by molar-refractivity contribution is 0.0685. The minimum Gasteiger partial charge on any atom is -0.478 e. The summed E-state index contributed by atoms with van der Waals surface area (Å²) in [6.45, 7) is 0. The van der Waals surface area contributed by atoms with Crippen LogP contribution in [0.25, 0.3) is 21.7 Å². The van der Waals surface area contributed by atoms with Crippen LogP contribution in [0.4, 0.5) is 10.1 Å². The fraction of sp³-hybridized carbons (Fsp3) is 0.129. The maximum Gasteiger partial charge on any atom is 0.341 e. The van der Waals surface area contributed by atoms with E-state index < -0.39 is 38.8 Å². The quantitative estimate of drug-likeness (QED) is 0.220. The fourth-order valence-corrected chi connectivity index (χ4v) is 6.48. The molecule has 0 aliphatic heterocycles. The number of nitrogens with one attached hydrogen (secondary N) is 1. The average Bonchev–Trinajstić information content (AvgIpc) is 3.80. The molecule has 5 aromatic rings. The van der Waals surface area contributed by atoms with E-state index in [-0.39, 0.29) is 39.5 Å². The number of carbonyl (C=O) groups is 2. The molecule has 212 valence electrons. The first-order chi connectivity index (χ1) is 20.0. The Labute approximate surface area is 238 Å². The Kier molecular flexibility index (Phi) is 6.53. The molecule has 0 bridgehead atoms. The summed E-state index contributed by atoms with van der Waals surface area (Å²) in [5, 5.41) is 20.0. The highest BCUT2D eigenvalue weighted by Gasteiger charge is 2.28. The second-order valence-corrected chi connectivity index (χ2v) is 11.9. The van der Waals surface area contributed by atoms with Gasteiger partial charge in [0, 0.05) is 17.6 Å². The second-order valence-electron chi connectivity index (χ2n) is 10.2. The van der Waals surface area contributed by atoms with Gasteiger partial charge in [-0.1, -0.05) is 42.5 Å². The van der Waals surface area contributed by atoms with E-state index in [4.69, 9.17) is 0 Å². The molecular formula is C31H23FN2O7S. The van der Waals surface area contributed by atoms with Crippen LogP contribution in [0.1, 0.15) is 50.7 Å². The van der Waals surface area contributed by atoms with Crippen molar-refractivity contribution in [2.75, 3.05) is 4.72 Å². The molecule has 0 radical (unpaired) electrons. The first-order valence-electron chi connectivity index (χ1n) is 13.0. The van der Waals surface area contributed by atoms with Crippen LogP contribution >= 0.6 is 0 Å². The number of aromatic carboxylic acids is 2. The third-order valence-corrected chi connectivity index (χ3v) is 8.86. The largest absolute Gasteiger partial charge is 0.478 e. The van der Waals surface area contributed by atoms with Crippen molar-refractivity contribution in [1.82, 2.24) is 4.57 Å². The maximum absolute atomic E-state index is 15.4. The molecular weight excluding hydrogens is 563 g/mol. The number of rotatable bonds is 8. The molecule has 4 aromatic carbocycles. The van der Waals surface area contributed by atoms with Gasteiger partial charge in [-0.3, -0.25) is 9.52 Å². The Hall–Kier alpha value is -5.03. The van der Waals surface area contributed by atoms with E-state index in [1.165, 1.54) is 30.5 Å². The Morgan fingerprint density at radius 3 is 2.31 bits per heavy atom. The van der Waals surface area contributed by atoms with Gasteiger partial charge in [0.2, 0.25) is 5.43 Å².